The van der Waals surface area contributed by atoms with Crippen LogP contribution in [0.25, 0.3) is 27.7 Å². The lowest BCUT2D eigenvalue weighted by Crippen LogP contribution is -2.25. The summed E-state index contributed by atoms with van der Waals surface area (Å²) in [5, 5.41) is 33.7. The van der Waals surface area contributed by atoms with Crippen LogP contribution >= 0.6 is 0 Å². The van der Waals surface area contributed by atoms with Crippen LogP contribution in [0.2, 0.25) is 0 Å². The van der Waals surface area contributed by atoms with E-state index in [1.807, 2.05) is 84.9 Å². The van der Waals surface area contributed by atoms with E-state index in [4.69, 9.17) is 5.10 Å². The Hall–Kier alpha value is -5.38. The highest BCUT2D eigenvalue weighted by Gasteiger charge is 2.20. The predicted molar refractivity (Wildman–Crippen MR) is 135 cm³/mol. The van der Waals surface area contributed by atoms with Crippen molar-refractivity contribution >= 4 is 27.8 Å². The minimum Gasteiger partial charge on any atom is -0.270 e. The predicted octanol–water partition coefficient (Wildman–Crippen LogP) is 5.44. The molecule has 4 aromatic carbocycles. The average Bonchev–Trinajstić information content (AvgIpc) is 2.92. The van der Waals surface area contributed by atoms with Crippen molar-refractivity contribution < 1.29 is 9.85 Å². The van der Waals surface area contributed by atoms with Gasteiger partial charge in [0.25, 0.3) is 5.69 Å². The van der Waals surface area contributed by atoms with E-state index in [-0.39, 0.29) is 11.4 Å². The smallest absolute Gasteiger partial charge is 0.270 e. The van der Waals surface area contributed by atoms with E-state index >= 15 is 0 Å². The number of rotatable bonds is 6. The van der Waals surface area contributed by atoms with Crippen LogP contribution in [-0.4, -0.2) is 19.6 Å². The summed E-state index contributed by atoms with van der Waals surface area (Å²) in [7, 11) is 0. The maximum Gasteiger partial charge on any atom is 0.301 e. The maximum atomic E-state index is 11.6. The van der Waals surface area contributed by atoms with Crippen molar-refractivity contribution in [3.05, 3.63) is 129 Å². The van der Waals surface area contributed by atoms with Crippen LogP contribution < -0.4 is 10.9 Å². The van der Waals surface area contributed by atoms with Gasteiger partial charge in [-0.05, 0) is 18.2 Å². The third-order valence-electron chi connectivity index (χ3n) is 5.54. The van der Waals surface area contributed by atoms with Gasteiger partial charge in [0.05, 0.1) is 27.3 Å². The molecule has 0 amide bonds. The van der Waals surface area contributed by atoms with Gasteiger partial charge in [0.2, 0.25) is 0 Å². The summed E-state index contributed by atoms with van der Waals surface area (Å²) >= 11 is 0. The summed E-state index contributed by atoms with van der Waals surface area (Å²) in [6, 6.07) is 30.1. The Morgan fingerprint density at radius 2 is 1.39 bits per heavy atom. The number of anilines is 1. The van der Waals surface area contributed by atoms with Crippen molar-refractivity contribution in [2.75, 3.05) is 5.43 Å². The first-order chi connectivity index (χ1) is 17.5. The molecule has 0 saturated carbocycles. The molecule has 0 aliphatic rings. The topological polar surface area (TPSA) is 128 Å². The number of non-ortho nitro benzene ring substituents is 1. The number of aromatic nitrogens is 2. The first-order valence-corrected chi connectivity index (χ1v) is 10.9. The minimum atomic E-state index is -0.690. The standard InChI is InChI=1S/C26H18N6O4/c33-31(34)20-15-16-23(24(17-20)32(35)36)27-28-26-22-14-8-7-13-21(22)25(18-9-3-1-4-10-18)29-30(26)19-11-5-2-6-12-19/h1-17,27H. The van der Waals surface area contributed by atoms with E-state index in [9.17, 15) is 20.2 Å². The van der Waals surface area contributed by atoms with Gasteiger partial charge in [0.1, 0.15) is 5.69 Å². The Bertz CT molecular complexity index is 1670. The summed E-state index contributed by atoms with van der Waals surface area (Å²) in [6.07, 6.45) is 0. The number of nitrogens with one attached hydrogen (secondary N) is 1. The van der Waals surface area contributed by atoms with Crippen molar-refractivity contribution in [3.8, 4) is 16.9 Å². The van der Waals surface area contributed by atoms with Gasteiger partial charge in [0.15, 0.2) is 5.49 Å². The maximum absolute atomic E-state index is 11.6. The van der Waals surface area contributed by atoms with E-state index in [0.29, 0.717) is 5.49 Å². The molecule has 0 atom stereocenters. The normalized spacial score (nSPS) is 11.4. The Morgan fingerprint density at radius 3 is 2.06 bits per heavy atom. The number of nitro groups is 2. The highest BCUT2D eigenvalue weighted by atomic mass is 16.6. The SMILES string of the molecule is O=[N+]([O-])c1ccc(NN=c2c3ccccc3c(-c3ccccc3)nn2-c2ccccc2)c([N+](=O)[O-])c1. The molecule has 10 nitrogen and oxygen atoms in total. The van der Waals surface area contributed by atoms with Gasteiger partial charge in [-0.25, -0.2) is 4.68 Å². The first-order valence-electron chi connectivity index (χ1n) is 10.9. The van der Waals surface area contributed by atoms with Crippen LogP contribution in [0.5, 0.6) is 0 Å². The fourth-order valence-electron chi connectivity index (χ4n) is 3.86. The lowest BCUT2D eigenvalue weighted by Gasteiger charge is -2.14. The number of benzene rings is 4. The average molecular weight is 478 g/mol. The number of hydrogen-bond acceptors (Lipinski definition) is 7. The molecule has 1 aromatic heterocycles. The zero-order valence-corrected chi connectivity index (χ0v) is 18.7. The minimum absolute atomic E-state index is 0.0152. The Balaban J connectivity index is 1.77. The molecule has 10 heteroatoms. The fraction of sp³-hybridized carbons (Fsp3) is 0. The van der Waals surface area contributed by atoms with Crippen LogP contribution in [-0.2, 0) is 0 Å². The van der Waals surface area contributed by atoms with Crippen molar-refractivity contribution in [1.29, 1.82) is 0 Å². The van der Waals surface area contributed by atoms with Gasteiger partial charge in [-0.1, -0.05) is 72.8 Å². The molecule has 0 aliphatic carbocycles. The highest BCUT2D eigenvalue weighted by Crippen LogP contribution is 2.29. The number of para-hydroxylation sites is 1. The lowest BCUT2D eigenvalue weighted by molar-refractivity contribution is -0.393. The molecule has 0 radical (unpaired) electrons. The van der Waals surface area contributed by atoms with Gasteiger partial charge < -0.3 is 0 Å². The Kier molecular flexibility index (Phi) is 5.90. The van der Waals surface area contributed by atoms with Crippen molar-refractivity contribution in [1.82, 2.24) is 9.78 Å². The molecule has 176 valence electrons. The Labute approximate surface area is 204 Å². The van der Waals surface area contributed by atoms with Crippen LogP contribution in [0, 0.1) is 20.2 Å². The second kappa shape index (κ2) is 9.47. The molecule has 1 N–H and O–H groups in total. The van der Waals surface area contributed by atoms with Crippen molar-refractivity contribution in [3.63, 3.8) is 0 Å². The molecule has 0 aliphatic heterocycles. The molecule has 1 heterocycles. The third-order valence-corrected chi connectivity index (χ3v) is 5.54. The van der Waals surface area contributed by atoms with E-state index < -0.39 is 15.5 Å². The van der Waals surface area contributed by atoms with Gasteiger partial charge in [-0.3, -0.25) is 25.7 Å². The largest absolute Gasteiger partial charge is 0.301 e. The molecule has 5 aromatic rings. The molecule has 0 unspecified atom stereocenters. The summed E-state index contributed by atoms with van der Waals surface area (Å²) < 4.78 is 1.66. The van der Waals surface area contributed by atoms with E-state index in [0.717, 1.165) is 33.8 Å². The molecule has 0 fully saturated rings. The molecule has 0 saturated heterocycles. The summed E-state index contributed by atoms with van der Waals surface area (Å²) in [5.41, 5.74) is 4.72. The van der Waals surface area contributed by atoms with Crippen molar-refractivity contribution in [2.45, 2.75) is 0 Å². The molecular formula is C26H18N6O4. The quantitative estimate of drug-likeness (QED) is 0.256. The van der Waals surface area contributed by atoms with Gasteiger partial charge >= 0.3 is 5.69 Å². The van der Waals surface area contributed by atoms with Gasteiger partial charge in [0, 0.05) is 22.4 Å². The zero-order chi connectivity index (χ0) is 25.1. The molecular weight excluding hydrogens is 460 g/mol. The van der Waals surface area contributed by atoms with E-state index in [1.165, 1.54) is 12.1 Å². The summed E-state index contributed by atoms with van der Waals surface area (Å²) in [4.78, 5) is 21.3. The van der Waals surface area contributed by atoms with E-state index in [1.54, 1.807) is 4.68 Å². The van der Waals surface area contributed by atoms with Crippen LogP contribution in [0.4, 0.5) is 17.1 Å². The summed E-state index contributed by atoms with van der Waals surface area (Å²) in [6.45, 7) is 0. The van der Waals surface area contributed by atoms with Crippen LogP contribution in [0.3, 0.4) is 0 Å². The van der Waals surface area contributed by atoms with Crippen LogP contribution in [0.1, 0.15) is 0 Å². The molecule has 36 heavy (non-hydrogen) atoms. The molecule has 5 rings (SSSR count). The highest BCUT2D eigenvalue weighted by molar-refractivity contribution is 5.93. The Morgan fingerprint density at radius 1 is 0.750 bits per heavy atom. The fourth-order valence-corrected chi connectivity index (χ4v) is 3.86. The summed E-state index contributed by atoms with van der Waals surface area (Å²) in [5.74, 6) is 0. The number of nitro benzene ring substituents is 2. The monoisotopic (exact) mass is 478 g/mol. The first kappa shape index (κ1) is 22.4. The molecule has 0 spiro atoms. The van der Waals surface area contributed by atoms with Gasteiger partial charge in [-0.2, -0.15) is 10.2 Å². The second-order valence-corrected chi connectivity index (χ2v) is 7.77. The van der Waals surface area contributed by atoms with Crippen molar-refractivity contribution in [2.24, 2.45) is 5.10 Å². The lowest BCUT2D eigenvalue weighted by atomic mass is 10.0. The molecule has 0 bridgehead atoms. The zero-order valence-electron chi connectivity index (χ0n) is 18.7. The third kappa shape index (κ3) is 4.26. The van der Waals surface area contributed by atoms with Crippen LogP contribution in [0.15, 0.2) is 108 Å². The van der Waals surface area contributed by atoms with Gasteiger partial charge in [-0.15, -0.1) is 0 Å². The number of fused-ring (bicyclic) bond motifs is 1. The number of nitrogens with zero attached hydrogens (tertiary/aromatic N) is 5. The van der Waals surface area contributed by atoms with E-state index in [2.05, 4.69) is 10.5 Å². The second-order valence-electron chi connectivity index (χ2n) is 7.77. The number of hydrogen-bond donors (Lipinski definition) is 1.